The van der Waals surface area contributed by atoms with E-state index in [-0.39, 0.29) is 0 Å². The fourth-order valence-corrected chi connectivity index (χ4v) is 1.41. The van der Waals surface area contributed by atoms with Gasteiger partial charge in [0.05, 0.1) is 0 Å². The maximum absolute atomic E-state index is 3.11. The van der Waals surface area contributed by atoms with Gasteiger partial charge in [0.15, 0.2) is 0 Å². The summed E-state index contributed by atoms with van der Waals surface area (Å²) < 4.78 is 0. The predicted octanol–water partition coefficient (Wildman–Crippen LogP) is 1.51. The van der Waals surface area contributed by atoms with Crippen LogP contribution in [0.5, 0.6) is 0 Å². The van der Waals surface area contributed by atoms with Crippen molar-refractivity contribution >= 4 is 11.3 Å². The third kappa shape index (κ3) is 2.16. The van der Waals surface area contributed by atoms with Crippen LogP contribution in [-0.4, -0.2) is 13.6 Å². The zero-order valence-electron chi connectivity index (χ0n) is 5.55. The van der Waals surface area contributed by atoms with E-state index in [0.717, 1.165) is 13.0 Å². The fraction of sp³-hybridized carbons (Fsp3) is 0.429. The highest BCUT2D eigenvalue weighted by atomic mass is 32.1. The summed E-state index contributed by atoms with van der Waals surface area (Å²) >= 11 is 1.76. The van der Waals surface area contributed by atoms with Crippen LogP contribution >= 0.6 is 11.3 Å². The number of thiophene rings is 1. The van der Waals surface area contributed by atoms with E-state index in [2.05, 4.69) is 22.1 Å². The van der Waals surface area contributed by atoms with Crippen LogP contribution in [0.4, 0.5) is 0 Å². The summed E-state index contributed by atoms with van der Waals surface area (Å²) in [6.07, 6.45) is 1.15. The van der Waals surface area contributed by atoms with Crippen LogP contribution in [-0.2, 0) is 6.42 Å². The van der Waals surface area contributed by atoms with Gasteiger partial charge in [0.25, 0.3) is 0 Å². The van der Waals surface area contributed by atoms with Crippen LogP contribution in [0.15, 0.2) is 16.8 Å². The van der Waals surface area contributed by atoms with Gasteiger partial charge in [-0.1, -0.05) is 0 Å². The Balaban J connectivity index is 2.30. The van der Waals surface area contributed by atoms with E-state index in [1.807, 2.05) is 7.05 Å². The van der Waals surface area contributed by atoms with Crippen molar-refractivity contribution in [3.05, 3.63) is 22.4 Å². The molecule has 0 saturated carbocycles. The average Bonchev–Trinajstić information content (AvgIpc) is 2.34. The lowest BCUT2D eigenvalue weighted by atomic mass is 10.2. The molecule has 2 heteroatoms. The molecule has 0 bridgehead atoms. The van der Waals surface area contributed by atoms with E-state index >= 15 is 0 Å². The summed E-state index contributed by atoms with van der Waals surface area (Å²) in [6, 6.07) is 2.17. The highest BCUT2D eigenvalue weighted by Crippen LogP contribution is 2.05. The molecule has 1 aromatic rings. The van der Waals surface area contributed by atoms with Crippen LogP contribution in [0.3, 0.4) is 0 Å². The van der Waals surface area contributed by atoms with Crippen LogP contribution in [0.2, 0.25) is 0 Å². The molecule has 1 nitrogen and oxygen atoms in total. The van der Waals surface area contributed by atoms with Crippen molar-refractivity contribution in [2.75, 3.05) is 13.6 Å². The largest absolute Gasteiger partial charge is 0.319 e. The van der Waals surface area contributed by atoms with Gasteiger partial charge < -0.3 is 5.32 Å². The first-order chi connectivity index (χ1) is 4.43. The number of nitrogens with one attached hydrogen (secondary N) is 1. The van der Waals surface area contributed by atoms with Crippen molar-refractivity contribution in [1.82, 2.24) is 5.32 Å². The average molecular weight is 141 g/mol. The molecule has 0 unspecified atom stereocenters. The van der Waals surface area contributed by atoms with Crippen molar-refractivity contribution in [2.45, 2.75) is 6.42 Å². The maximum Gasteiger partial charge on any atom is -0.00111 e. The third-order valence-corrected chi connectivity index (χ3v) is 1.98. The summed E-state index contributed by atoms with van der Waals surface area (Å²) in [6.45, 7) is 1.08. The minimum Gasteiger partial charge on any atom is -0.319 e. The molecule has 1 rings (SSSR count). The summed E-state index contributed by atoms with van der Waals surface area (Å²) in [4.78, 5) is 0. The Bertz CT molecular complexity index is 146. The first-order valence-electron chi connectivity index (χ1n) is 3.09. The first-order valence-corrected chi connectivity index (χ1v) is 4.03. The summed E-state index contributed by atoms with van der Waals surface area (Å²) in [5, 5.41) is 7.42. The molecule has 0 spiro atoms. The second-order valence-electron chi connectivity index (χ2n) is 1.99. The second-order valence-corrected chi connectivity index (χ2v) is 2.77. The van der Waals surface area contributed by atoms with Crippen molar-refractivity contribution in [3.8, 4) is 0 Å². The van der Waals surface area contributed by atoms with Crippen molar-refractivity contribution in [2.24, 2.45) is 0 Å². The molecule has 0 atom stereocenters. The minimum absolute atomic E-state index is 1.08. The normalized spacial score (nSPS) is 9.89. The van der Waals surface area contributed by atoms with E-state index in [0.29, 0.717) is 0 Å². The van der Waals surface area contributed by atoms with E-state index < -0.39 is 0 Å². The Hall–Kier alpha value is -0.340. The quantitative estimate of drug-likeness (QED) is 0.673. The molecule has 0 aromatic carbocycles. The van der Waals surface area contributed by atoms with Gasteiger partial charge in [0, 0.05) is 0 Å². The molecule has 0 fully saturated rings. The molecule has 9 heavy (non-hydrogen) atoms. The lowest BCUT2D eigenvalue weighted by Gasteiger charge is -1.93. The molecule has 0 aliphatic heterocycles. The van der Waals surface area contributed by atoms with Crippen LogP contribution in [0.25, 0.3) is 0 Å². The zero-order chi connectivity index (χ0) is 6.53. The summed E-state index contributed by atoms with van der Waals surface area (Å²) in [5.41, 5.74) is 1.44. The van der Waals surface area contributed by atoms with Gasteiger partial charge in [-0.15, -0.1) is 0 Å². The van der Waals surface area contributed by atoms with Gasteiger partial charge >= 0.3 is 0 Å². The van der Waals surface area contributed by atoms with Crippen LogP contribution in [0.1, 0.15) is 5.56 Å². The Kier molecular flexibility index (Phi) is 2.74. The monoisotopic (exact) mass is 141 g/mol. The standard InChI is InChI=1S/C7H11NS/c1-8-4-2-7-3-5-9-6-7/h3,5-6,8H,2,4H2,1H3. The molecule has 50 valence electrons. The third-order valence-electron chi connectivity index (χ3n) is 1.24. The number of hydrogen-bond donors (Lipinski definition) is 1. The molecular formula is C7H11NS. The first kappa shape index (κ1) is 6.78. The van der Waals surface area contributed by atoms with E-state index in [1.165, 1.54) is 5.56 Å². The van der Waals surface area contributed by atoms with E-state index in [4.69, 9.17) is 0 Å². The van der Waals surface area contributed by atoms with Crippen molar-refractivity contribution in [1.29, 1.82) is 0 Å². The minimum atomic E-state index is 1.08. The van der Waals surface area contributed by atoms with Gasteiger partial charge in [-0.3, -0.25) is 0 Å². The van der Waals surface area contributed by atoms with Gasteiger partial charge in [0.2, 0.25) is 0 Å². The van der Waals surface area contributed by atoms with Crippen molar-refractivity contribution in [3.63, 3.8) is 0 Å². The van der Waals surface area contributed by atoms with Gasteiger partial charge in [-0.05, 0) is 42.4 Å². The smallest absolute Gasteiger partial charge is 0.00111 e. The lowest BCUT2D eigenvalue weighted by molar-refractivity contribution is 0.793. The molecule has 0 amide bonds. The van der Waals surface area contributed by atoms with Crippen LogP contribution < -0.4 is 5.32 Å². The predicted molar refractivity (Wildman–Crippen MR) is 41.9 cm³/mol. The molecule has 1 aromatic heterocycles. The molecule has 0 aliphatic carbocycles. The Morgan fingerprint density at radius 1 is 1.67 bits per heavy atom. The Morgan fingerprint density at radius 3 is 3.11 bits per heavy atom. The molecule has 0 radical (unpaired) electrons. The summed E-state index contributed by atoms with van der Waals surface area (Å²) in [7, 11) is 1.98. The number of likely N-dealkylation sites (N-methyl/N-ethyl adjacent to an activating group) is 1. The Labute approximate surface area is 59.7 Å². The molecule has 1 heterocycles. The zero-order valence-corrected chi connectivity index (χ0v) is 6.37. The second kappa shape index (κ2) is 3.64. The maximum atomic E-state index is 3.11. The SMILES string of the molecule is CNCCc1ccsc1. The molecule has 0 aliphatic rings. The summed E-state index contributed by atoms with van der Waals surface area (Å²) in [5.74, 6) is 0. The molecular weight excluding hydrogens is 130 g/mol. The number of hydrogen-bond acceptors (Lipinski definition) is 2. The molecule has 1 N–H and O–H groups in total. The lowest BCUT2D eigenvalue weighted by Crippen LogP contribution is -2.09. The van der Waals surface area contributed by atoms with Gasteiger partial charge in [-0.25, -0.2) is 0 Å². The van der Waals surface area contributed by atoms with Crippen molar-refractivity contribution < 1.29 is 0 Å². The number of rotatable bonds is 3. The highest BCUT2D eigenvalue weighted by molar-refractivity contribution is 7.07. The van der Waals surface area contributed by atoms with Crippen LogP contribution in [0, 0.1) is 0 Å². The van der Waals surface area contributed by atoms with E-state index in [9.17, 15) is 0 Å². The fourth-order valence-electron chi connectivity index (χ4n) is 0.704. The topological polar surface area (TPSA) is 12.0 Å². The Morgan fingerprint density at radius 2 is 2.56 bits per heavy atom. The van der Waals surface area contributed by atoms with Gasteiger partial charge in [-0.2, -0.15) is 11.3 Å². The van der Waals surface area contributed by atoms with Gasteiger partial charge in [0.1, 0.15) is 0 Å². The highest BCUT2D eigenvalue weighted by Gasteiger charge is 1.88. The van der Waals surface area contributed by atoms with E-state index in [1.54, 1.807) is 11.3 Å². The molecule has 0 saturated heterocycles.